The first-order valence-electron chi connectivity index (χ1n) is 1.46. The molecular formula is C3H6O3. The first-order chi connectivity index (χ1) is 2.77. The van der Waals surface area contributed by atoms with Gasteiger partial charge in [-0.2, -0.15) is 0 Å². The van der Waals surface area contributed by atoms with Gasteiger partial charge in [-0.15, -0.1) is 0 Å². The minimum Gasteiger partial charge on any atom is -0.481 e. The smallest absolute Gasteiger partial charge is 0.272 e. The van der Waals surface area contributed by atoms with Gasteiger partial charge in [0.05, 0.1) is 6.61 Å². The molecule has 0 aliphatic carbocycles. The van der Waals surface area contributed by atoms with Gasteiger partial charge in [-0.05, 0) is 0 Å². The summed E-state index contributed by atoms with van der Waals surface area (Å²) in [5, 5.41) is 23.5. The fourth-order valence-electron chi connectivity index (χ4n) is 0.0816. The SMILES string of the molecule is OCC=C(O)O. The Labute approximate surface area is 35.2 Å². The Kier molecular flexibility index (Phi) is 2.24. The van der Waals surface area contributed by atoms with Crippen molar-refractivity contribution in [3.8, 4) is 0 Å². The molecule has 3 nitrogen and oxygen atoms in total. The Bertz CT molecular complexity index is 53.1. The van der Waals surface area contributed by atoms with Crippen LogP contribution in [0.15, 0.2) is 12.0 Å². The van der Waals surface area contributed by atoms with Crippen LogP contribution < -0.4 is 0 Å². The van der Waals surface area contributed by atoms with Gasteiger partial charge >= 0.3 is 0 Å². The highest BCUT2D eigenvalue weighted by Crippen LogP contribution is 1.73. The van der Waals surface area contributed by atoms with E-state index in [1.807, 2.05) is 0 Å². The van der Waals surface area contributed by atoms with Crippen molar-refractivity contribution in [2.45, 2.75) is 0 Å². The Morgan fingerprint density at radius 2 is 2.00 bits per heavy atom. The zero-order valence-corrected chi connectivity index (χ0v) is 3.13. The van der Waals surface area contributed by atoms with E-state index in [1.165, 1.54) is 0 Å². The largest absolute Gasteiger partial charge is 0.481 e. The molecule has 0 unspecified atom stereocenters. The van der Waals surface area contributed by atoms with Gasteiger partial charge in [-0.1, -0.05) is 0 Å². The molecule has 0 fully saturated rings. The topological polar surface area (TPSA) is 60.7 Å². The summed E-state index contributed by atoms with van der Waals surface area (Å²) in [5.74, 6) is -0.836. The number of hydrogen-bond donors (Lipinski definition) is 3. The van der Waals surface area contributed by atoms with E-state index in [9.17, 15) is 0 Å². The second-order valence-electron chi connectivity index (χ2n) is 0.745. The van der Waals surface area contributed by atoms with Gasteiger partial charge in [-0.25, -0.2) is 0 Å². The maximum Gasteiger partial charge on any atom is 0.272 e. The maximum atomic E-state index is 7.84. The van der Waals surface area contributed by atoms with E-state index >= 15 is 0 Å². The summed E-state index contributed by atoms with van der Waals surface area (Å²) < 4.78 is 0. The van der Waals surface area contributed by atoms with Crippen LogP contribution in [-0.2, 0) is 0 Å². The first-order valence-corrected chi connectivity index (χ1v) is 1.46. The Balaban J connectivity index is 3.14. The number of hydrogen-bond acceptors (Lipinski definition) is 3. The van der Waals surface area contributed by atoms with Crippen molar-refractivity contribution >= 4 is 0 Å². The van der Waals surface area contributed by atoms with E-state index < -0.39 is 5.95 Å². The van der Waals surface area contributed by atoms with Crippen LogP contribution in [0.5, 0.6) is 0 Å². The van der Waals surface area contributed by atoms with Crippen LogP contribution in [0.25, 0.3) is 0 Å². The van der Waals surface area contributed by atoms with Crippen LogP contribution in [0.4, 0.5) is 0 Å². The monoisotopic (exact) mass is 90.0 g/mol. The van der Waals surface area contributed by atoms with Crippen molar-refractivity contribution in [1.82, 2.24) is 0 Å². The lowest BCUT2D eigenvalue weighted by Crippen LogP contribution is -1.78. The molecule has 0 rings (SSSR count). The van der Waals surface area contributed by atoms with Gasteiger partial charge in [0.2, 0.25) is 0 Å². The number of aliphatic hydroxyl groups excluding tert-OH is 2. The van der Waals surface area contributed by atoms with E-state index in [-0.39, 0.29) is 6.61 Å². The standard InChI is InChI=1S/C3H6O3/c4-2-1-3(5)6/h1,4-6H,2H2. The zero-order chi connectivity index (χ0) is 4.99. The summed E-state index contributed by atoms with van der Waals surface area (Å²) in [4.78, 5) is 0. The van der Waals surface area contributed by atoms with Crippen LogP contribution >= 0.6 is 0 Å². The first kappa shape index (κ1) is 5.30. The Morgan fingerprint density at radius 3 is 2.00 bits per heavy atom. The molecule has 0 atom stereocenters. The minimum atomic E-state index is -0.836. The van der Waals surface area contributed by atoms with Crippen LogP contribution in [0.2, 0.25) is 0 Å². The molecule has 0 saturated heterocycles. The normalized spacial score (nSPS) is 7.50. The second-order valence-corrected chi connectivity index (χ2v) is 0.745. The second kappa shape index (κ2) is 2.53. The van der Waals surface area contributed by atoms with Gasteiger partial charge < -0.3 is 15.3 Å². The predicted molar refractivity (Wildman–Crippen MR) is 20.4 cm³/mol. The van der Waals surface area contributed by atoms with E-state index in [0.717, 1.165) is 6.08 Å². The summed E-state index contributed by atoms with van der Waals surface area (Å²) in [6.07, 6.45) is 0.875. The van der Waals surface area contributed by atoms with Crippen molar-refractivity contribution in [2.75, 3.05) is 6.61 Å². The summed E-state index contributed by atoms with van der Waals surface area (Å²) in [5.41, 5.74) is 0. The van der Waals surface area contributed by atoms with Gasteiger partial charge in [0.25, 0.3) is 5.95 Å². The summed E-state index contributed by atoms with van der Waals surface area (Å²) in [6.45, 7) is -0.331. The third-order valence-electron chi connectivity index (χ3n) is 0.274. The van der Waals surface area contributed by atoms with Crippen molar-refractivity contribution in [3.63, 3.8) is 0 Å². The summed E-state index contributed by atoms with van der Waals surface area (Å²) in [7, 11) is 0. The van der Waals surface area contributed by atoms with Crippen molar-refractivity contribution in [3.05, 3.63) is 12.0 Å². The molecule has 36 valence electrons. The molecule has 0 bridgehead atoms. The summed E-state index contributed by atoms with van der Waals surface area (Å²) in [6, 6.07) is 0. The van der Waals surface area contributed by atoms with Crippen LogP contribution in [0.3, 0.4) is 0 Å². The lowest BCUT2D eigenvalue weighted by Gasteiger charge is -1.79. The van der Waals surface area contributed by atoms with Gasteiger partial charge in [0.15, 0.2) is 0 Å². The van der Waals surface area contributed by atoms with Crippen molar-refractivity contribution in [1.29, 1.82) is 0 Å². The highest BCUT2D eigenvalue weighted by Gasteiger charge is 1.74. The van der Waals surface area contributed by atoms with Gasteiger partial charge in [-0.3, -0.25) is 0 Å². The molecule has 0 spiro atoms. The van der Waals surface area contributed by atoms with Gasteiger partial charge in [0.1, 0.15) is 0 Å². The average Bonchev–Trinajstić information content (AvgIpc) is 1.35. The lowest BCUT2D eigenvalue weighted by atomic mass is 10.7. The van der Waals surface area contributed by atoms with E-state index in [4.69, 9.17) is 15.3 Å². The van der Waals surface area contributed by atoms with E-state index in [0.29, 0.717) is 0 Å². The highest BCUT2D eigenvalue weighted by molar-refractivity contribution is 4.76. The fraction of sp³-hybridized carbons (Fsp3) is 0.333. The molecular weight excluding hydrogens is 84.0 g/mol. The molecule has 0 aliphatic heterocycles. The van der Waals surface area contributed by atoms with Crippen LogP contribution in [-0.4, -0.2) is 21.9 Å². The Hall–Kier alpha value is -0.700. The molecule has 0 radical (unpaired) electrons. The van der Waals surface area contributed by atoms with Crippen LogP contribution in [0.1, 0.15) is 0 Å². The predicted octanol–water partition coefficient (Wildman–Crippen LogP) is -0.0639. The quantitative estimate of drug-likeness (QED) is 0.395. The molecule has 3 N–H and O–H groups in total. The summed E-state index contributed by atoms with van der Waals surface area (Å²) >= 11 is 0. The lowest BCUT2D eigenvalue weighted by molar-refractivity contribution is 0.183. The molecule has 6 heavy (non-hydrogen) atoms. The van der Waals surface area contributed by atoms with E-state index in [2.05, 4.69) is 0 Å². The maximum absolute atomic E-state index is 7.84. The highest BCUT2D eigenvalue weighted by atomic mass is 16.5. The molecule has 0 aromatic carbocycles. The fourth-order valence-corrected chi connectivity index (χ4v) is 0.0816. The Morgan fingerprint density at radius 1 is 1.50 bits per heavy atom. The minimum absolute atomic E-state index is 0.331. The average molecular weight is 90.1 g/mol. The van der Waals surface area contributed by atoms with Crippen molar-refractivity contribution in [2.24, 2.45) is 0 Å². The molecule has 0 aromatic rings. The molecule has 0 saturated carbocycles. The molecule has 0 amide bonds. The van der Waals surface area contributed by atoms with Crippen molar-refractivity contribution < 1.29 is 15.3 Å². The van der Waals surface area contributed by atoms with Crippen LogP contribution in [0, 0.1) is 0 Å². The molecule has 3 heteroatoms. The molecule has 0 heterocycles. The molecule has 0 aromatic heterocycles. The van der Waals surface area contributed by atoms with Gasteiger partial charge in [0, 0.05) is 6.08 Å². The van der Waals surface area contributed by atoms with E-state index in [1.54, 1.807) is 0 Å². The zero-order valence-electron chi connectivity index (χ0n) is 3.13. The number of aliphatic hydroxyl groups is 3. The number of rotatable bonds is 1. The third-order valence-corrected chi connectivity index (χ3v) is 0.274. The molecule has 0 aliphatic rings. The third kappa shape index (κ3) is 3.30.